The molecule has 0 unspecified atom stereocenters. The minimum Gasteiger partial charge on any atom is -0.470 e. The molecule has 1 aromatic carbocycles. The first-order chi connectivity index (χ1) is 11.7. The fraction of sp³-hybridized carbons (Fsp3) is 0.105. The van der Waals surface area contributed by atoms with Gasteiger partial charge in [-0.2, -0.15) is 0 Å². The second-order valence-corrected chi connectivity index (χ2v) is 5.25. The molecule has 1 amide bonds. The molecule has 5 nitrogen and oxygen atoms in total. The fourth-order valence-corrected chi connectivity index (χ4v) is 2.20. The van der Waals surface area contributed by atoms with Crippen LogP contribution in [0.15, 0.2) is 73.2 Å². The van der Waals surface area contributed by atoms with E-state index >= 15 is 0 Å². The first kappa shape index (κ1) is 15.7. The van der Waals surface area contributed by atoms with Crippen LogP contribution in [0.25, 0.3) is 0 Å². The van der Waals surface area contributed by atoms with Crippen molar-refractivity contribution in [2.45, 2.75) is 13.0 Å². The molecule has 1 atom stereocenters. The number of pyridine rings is 2. The molecule has 3 rings (SSSR count). The Hall–Kier alpha value is -3.21. The second kappa shape index (κ2) is 7.37. The average Bonchev–Trinajstić information content (AvgIpc) is 2.64. The van der Waals surface area contributed by atoms with Crippen molar-refractivity contribution < 1.29 is 9.53 Å². The van der Waals surface area contributed by atoms with E-state index in [1.54, 1.807) is 36.7 Å². The van der Waals surface area contributed by atoms with Gasteiger partial charge in [-0.3, -0.25) is 9.78 Å². The van der Waals surface area contributed by atoms with Gasteiger partial charge in [-0.25, -0.2) is 4.98 Å². The predicted octanol–water partition coefficient (Wildman–Crippen LogP) is 3.87. The molecule has 0 aliphatic heterocycles. The number of benzene rings is 1. The lowest BCUT2D eigenvalue weighted by atomic mass is 10.1. The highest BCUT2D eigenvalue weighted by Gasteiger charge is 2.10. The maximum Gasteiger partial charge on any atom is 0.257 e. The highest BCUT2D eigenvalue weighted by atomic mass is 16.5. The summed E-state index contributed by atoms with van der Waals surface area (Å²) in [7, 11) is 0. The van der Waals surface area contributed by atoms with Crippen molar-refractivity contribution >= 4 is 11.6 Å². The van der Waals surface area contributed by atoms with Crippen molar-refractivity contribution in [3.05, 3.63) is 84.3 Å². The number of anilines is 1. The van der Waals surface area contributed by atoms with Crippen molar-refractivity contribution in [3.8, 4) is 5.88 Å². The molecule has 0 bridgehead atoms. The Balaban J connectivity index is 1.64. The molecule has 0 aliphatic rings. The topological polar surface area (TPSA) is 64.1 Å². The molecule has 0 radical (unpaired) electrons. The van der Waals surface area contributed by atoms with Gasteiger partial charge in [0.15, 0.2) is 0 Å². The molecule has 0 saturated heterocycles. The lowest BCUT2D eigenvalue weighted by Crippen LogP contribution is -2.12. The van der Waals surface area contributed by atoms with Crippen LogP contribution in [0.1, 0.15) is 28.9 Å². The van der Waals surface area contributed by atoms with E-state index in [0.29, 0.717) is 17.1 Å². The Bertz CT molecular complexity index is 790. The van der Waals surface area contributed by atoms with E-state index in [9.17, 15) is 4.79 Å². The molecule has 0 aliphatic carbocycles. The summed E-state index contributed by atoms with van der Waals surface area (Å²) in [6.07, 6.45) is 4.63. The molecule has 0 saturated carbocycles. The number of carbonyl (C=O) groups excluding carboxylic acids is 1. The lowest BCUT2D eigenvalue weighted by molar-refractivity contribution is 0.102. The van der Waals surface area contributed by atoms with Gasteiger partial charge < -0.3 is 10.1 Å². The van der Waals surface area contributed by atoms with Crippen LogP contribution < -0.4 is 10.1 Å². The van der Waals surface area contributed by atoms with Gasteiger partial charge in [-0.05, 0) is 30.7 Å². The Morgan fingerprint density at radius 2 is 1.79 bits per heavy atom. The number of hydrogen-bond donors (Lipinski definition) is 1. The summed E-state index contributed by atoms with van der Waals surface area (Å²) in [6.45, 7) is 1.96. The van der Waals surface area contributed by atoms with Gasteiger partial charge in [-0.15, -0.1) is 0 Å². The van der Waals surface area contributed by atoms with E-state index < -0.39 is 0 Å². The molecule has 0 fully saturated rings. The summed E-state index contributed by atoms with van der Waals surface area (Å²) in [5.74, 6) is 0.253. The van der Waals surface area contributed by atoms with E-state index in [0.717, 1.165) is 5.56 Å². The monoisotopic (exact) mass is 319 g/mol. The number of nitrogens with zero attached hydrogens (tertiary/aromatic N) is 2. The third kappa shape index (κ3) is 3.95. The van der Waals surface area contributed by atoms with Crippen LogP contribution in [0.2, 0.25) is 0 Å². The Labute approximate surface area is 140 Å². The van der Waals surface area contributed by atoms with Gasteiger partial charge in [0.25, 0.3) is 5.91 Å². The van der Waals surface area contributed by atoms with E-state index in [1.165, 1.54) is 6.20 Å². The number of amides is 1. The van der Waals surface area contributed by atoms with Crippen molar-refractivity contribution in [2.75, 3.05) is 5.32 Å². The van der Waals surface area contributed by atoms with Crippen LogP contribution in [0.5, 0.6) is 5.88 Å². The predicted molar refractivity (Wildman–Crippen MR) is 91.9 cm³/mol. The minimum atomic E-state index is -0.226. The molecule has 1 N–H and O–H groups in total. The number of rotatable bonds is 5. The molecule has 2 aromatic heterocycles. The Morgan fingerprint density at radius 1 is 1.04 bits per heavy atom. The first-order valence-corrected chi connectivity index (χ1v) is 7.61. The number of hydrogen-bond acceptors (Lipinski definition) is 4. The third-order valence-electron chi connectivity index (χ3n) is 3.50. The van der Waals surface area contributed by atoms with E-state index in [4.69, 9.17) is 4.74 Å². The fourth-order valence-electron chi connectivity index (χ4n) is 2.20. The van der Waals surface area contributed by atoms with Gasteiger partial charge >= 0.3 is 0 Å². The zero-order valence-electron chi connectivity index (χ0n) is 13.2. The molecule has 5 heteroatoms. The molecule has 0 spiro atoms. The summed E-state index contributed by atoms with van der Waals surface area (Å²) in [4.78, 5) is 20.3. The minimum absolute atomic E-state index is 0.116. The molecule has 24 heavy (non-hydrogen) atoms. The van der Waals surface area contributed by atoms with Gasteiger partial charge in [0, 0.05) is 30.3 Å². The zero-order valence-corrected chi connectivity index (χ0v) is 13.2. The SMILES string of the molecule is C[C@@H](Oc1ccc(C(=O)Nc2ccncc2)cn1)c1ccccc1. The quantitative estimate of drug-likeness (QED) is 0.775. The lowest BCUT2D eigenvalue weighted by Gasteiger charge is -2.14. The summed E-state index contributed by atoms with van der Waals surface area (Å²) in [6, 6.07) is 16.7. The maximum absolute atomic E-state index is 12.2. The normalized spacial score (nSPS) is 11.5. The van der Waals surface area contributed by atoms with Crippen LogP contribution in [-0.4, -0.2) is 15.9 Å². The molecule has 2 heterocycles. The van der Waals surface area contributed by atoms with Crippen molar-refractivity contribution in [2.24, 2.45) is 0 Å². The third-order valence-corrected chi connectivity index (χ3v) is 3.50. The molecule has 3 aromatic rings. The zero-order chi connectivity index (χ0) is 16.8. The van der Waals surface area contributed by atoms with E-state index in [-0.39, 0.29) is 12.0 Å². The van der Waals surface area contributed by atoms with Crippen molar-refractivity contribution in [1.29, 1.82) is 0 Å². The largest absolute Gasteiger partial charge is 0.470 e. The van der Waals surface area contributed by atoms with Crippen LogP contribution in [0.3, 0.4) is 0 Å². The summed E-state index contributed by atoms with van der Waals surface area (Å²) < 4.78 is 5.80. The smallest absolute Gasteiger partial charge is 0.257 e. The van der Waals surface area contributed by atoms with E-state index in [1.807, 2.05) is 37.3 Å². The maximum atomic E-state index is 12.2. The summed E-state index contributed by atoms with van der Waals surface area (Å²) in [5, 5.41) is 2.78. The highest BCUT2D eigenvalue weighted by molar-refractivity contribution is 6.04. The standard InChI is InChI=1S/C19H17N3O2/c1-14(15-5-3-2-4-6-15)24-18-8-7-16(13-21-18)19(23)22-17-9-11-20-12-10-17/h2-14H,1H3,(H,20,22,23)/t14-/m1/s1. The van der Waals surface area contributed by atoms with Gasteiger partial charge in [-0.1, -0.05) is 30.3 Å². The van der Waals surface area contributed by atoms with Gasteiger partial charge in [0.2, 0.25) is 5.88 Å². The summed E-state index contributed by atoms with van der Waals surface area (Å²) >= 11 is 0. The van der Waals surface area contributed by atoms with Crippen molar-refractivity contribution in [1.82, 2.24) is 9.97 Å². The van der Waals surface area contributed by atoms with E-state index in [2.05, 4.69) is 15.3 Å². The number of nitrogens with one attached hydrogen (secondary N) is 1. The van der Waals surface area contributed by atoms with Crippen LogP contribution in [-0.2, 0) is 0 Å². The van der Waals surface area contributed by atoms with Crippen LogP contribution >= 0.6 is 0 Å². The number of ether oxygens (including phenoxy) is 1. The average molecular weight is 319 g/mol. The van der Waals surface area contributed by atoms with Crippen LogP contribution in [0, 0.1) is 0 Å². The van der Waals surface area contributed by atoms with Gasteiger partial charge in [0.05, 0.1) is 5.56 Å². The Kier molecular flexibility index (Phi) is 4.81. The van der Waals surface area contributed by atoms with Gasteiger partial charge in [0.1, 0.15) is 6.10 Å². The molecular formula is C19H17N3O2. The Morgan fingerprint density at radius 3 is 2.46 bits per heavy atom. The first-order valence-electron chi connectivity index (χ1n) is 7.61. The number of carbonyl (C=O) groups is 1. The summed E-state index contributed by atoms with van der Waals surface area (Å²) in [5.41, 5.74) is 2.22. The highest BCUT2D eigenvalue weighted by Crippen LogP contribution is 2.20. The second-order valence-electron chi connectivity index (χ2n) is 5.25. The van der Waals surface area contributed by atoms with Crippen molar-refractivity contribution in [3.63, 3.8) is 0 Å². The molecular weight excluding hydrogens is 302 g/mol. The van der Waals surface area contributed by atoms with Crippen LogP contribution in [0.4, 0.5) is 5.69 Å². The number of aromatic nitrogens is 2. The molecule has 120 valence electrons.